The number of aromatic nitrogens is 2. The molecular weight excluding hydrogens is 605 g/mol. The number of halogens is 4. The van der Waals surface area contributed by atoms with Gasteiger partial charge >= 0.3 is 6.18 Å². The second-order valence-electron chi connectivity index (χ2n) is 9.69. The van der Waals surface area contributed by atoms with Gasteiger partial charge in [-0.2, -0.15) is 13.2 Å². The number of benzene rings is 3. The molecule has 1 aliphatic heterocycles. The molecule has 1 saturated heterocycles. The van der Waals surface area contributed by atoms with E-state index < -0.39 is 49.7 Å². The van der Waals surface area contributed by atoms with Crippen LogP contribution in [0.4, 0.5) is 13.2 Å². The molecule has 4 aromatic rings. The summed E-state index contributed by atoms with van der Waals surface area (Å²) >= 11 is 6.14. The Labute approximate surface area is 239 Å². The summed E-state index contributed by atoms with van der Waals surface area (Å²) < 4.78 is 91.6. The fraction of sp³-hybridized carbons (Fsp3) is 0.231. The maximum atomic E-state index is 13.3. The van der Waals surface area contributed by atoms with Crippen LogP contribution in [0.5, 0.6) is 0 Å². The van der Waals surface area contributed by atoms with E-state index in [1.165, 1.54) is 18.2 Å². The molecule has 15 heteroatoms. The van der Waals surface area contributed by atoms with Crippen LogP contribution in [0.3, 0.4) is 0 Å². The summed E-state index contributed by atoms with van der Waals surface area (Å²) in [6.45, 7) is 1.72. The highest BCUT2D eigenvalue weighted by molar-refractivity contribution is 8.23. The third-order valence-corrected chi connectivity index (χ3v) is 10.4. The van der Waals surface area contributed by atoms with E-state index in [1.807, 2.05) is 0 Å². The number of aryl methyl sites for hydroxylation is 1. The molecule has 1 aliphatic rings. The molecule has 218 valence electrons. The van der Waals surface area contributed by atoms with Gasteiger partial charge in [0.25, 0.3) is 0 Å². The molecule has 3 aromatic carbocycles. The van der Waals surface area contributed by atoms with Gasteiger partial charge in [0, 0.05) is 5.02 Å². The lowest BCUT2D eigenvalue weighted by atomic mass is 10.0. The van der Waals surface area contributed by atoms with Gasteiger partial charge in [-0.15, -0.1) is 10.8 Å². The predicted octanol–water partition coefficient (Wildman–Crippen LogP) is 6.03. The van der Waals surface area contributed by atoms with Crippen molar-refractivity contribution in [2.75, 3.05) is 0 Å². The van der Waals surface area contributed by atoms with Crippen molar-refractivity contribution in [1.29, 1.82) is 0 Å². The minimum absolute atomic E-state index is 0.0309. The van der Waals surface area contributed by atoms with E-state index >= 15 is 0 Å². The third-order valence-electron chi connectivity index (χ3n) is 6.73. The Morgan fingerprint density at radius 3 is 2.44 bits per heavy atom. The summed E-state index contributed by atoms with van der Waals surface area (Å²) in [5.74, 6) is -0.395. The maximum absolute atomic E-state index is 13.3. The SMILES string of the molecule is Cc1ccc(S(=O)(=O)N[C@@H](Cc2ccc(C3CC(=O)NS3(O)O)cc2)c2nc3ccc(C(F)(F)F)cc3[nH]2)cc1Cl. The highest BCUT2D eigenvalue weighted by Gasteiger charge is 2.38. The number of imidazole rings is 1. The van der Waals surface area contributed by atoms with Gasteiger partial charge in [0.15, 0.2) is 0 Å². The number of alkyl halides is 3. The first-order valence-electron chi connectivity index (χ1n) is 12.1. The molecule has 1 fully saturated rings. The van der Waals surface area contributed by atoms with Gasteiger partial charge in [0.05, 0.1) is 34.0 Å². The second-order valence-corrected chi connectivity index (χ2v) is 13.8. The van der Waals surface area contributed by atoms with Crippen molar-refractivity contribution < 1.29 is 35.5 Å². The van der Waals surface area contributed by atoms with Crippen molar-refractivity contribution in [3.05, 3.63) is 93.8 Å². The van der Waals surface area contributed by atoms with Crippen LogP contribution in [0, 0.1) is 6.92 Å². The zero-order valence-electron chi connectivity index (χ0n) is 21.2. The van der Waals surface area contributed by atoms with Gasteiger partial charge in [-0.05, 0) is 60.4 Å². The van der Waals surface area contributed by atoms with Crippen molar-refractivity contribution in [2.24, 2.45) is 0 Å². The summed E-state index contributed by atoms with van der Waals surface area (Å²) in [6, 6.07) is 12.7. The number of nitrogens with zero attached hydrogens (tertiary/aromatic N) is 1. The lowest BCUT2D eigenvalue weighted by Gasteiger charge is -2.32. The summed E-state index contributed by atoms with van der Waals surface area (Å²) in [5.41, 5.74) is 1.20. The second kappa shape index (κ2) is 10.6. The van der Waals surface area contributed by atoms with E-state index in [9.17, 15) is 35.5 Å². The van der Waals surface area contributed by atoms with Crippen LogP contribution in [0.2, 0.25) is 5.02 Å². The van der Waals surface area contributed by atoms with Gasteiger partial charge in [-0.3, -0.25) is 18.6 Å². The molecule has 2 heterocycles. The molecule has 0 bridgehead atoms. The van der Waals surface area contributed by atoms with Crippen molar-refractivity contribution >= 4 is 49.3 Å². The minimum Gasteiger partial charge on any atom is -0.341 e. The summed E-state index contributed by atoms with van der Waals surface area (Å²) in [5, 5.41) is -0.586. The third kappa shape index (κ3) is 6.22. The lowest BCUT2D eigenvalue weighted by Crippen LogP contribution is -2.31. The number of amides is 1. The quantitative estimate of drug-likeness (QED) is 0.169. The molecule has 2 atom stereocenters. The van der Waals surface area contributed by atoms with Crippen molar-refractivity contribution in [3.63, 3.8) is 0 Å². The molecule has 0 spiro atoms. The molecule has 1 aromatic heterocycles. The number of fused-ring (bicyclic) bond motifs is 1. The number of H-pyrrole nitrogens is 1. The van der Waals surface area contributed by atoms with Crippen molar-refractivity contribution in [1.82, 2.24) is 19.4 Å². The summed E-state index contributed by atoms with van der Waals surface area (Å²) in [4.78, 5) is 18.8. The average molecular weight is 629 g/mol. The Kier molecular flexibility index (Phi) is 7.59. The first-order chi connectivity index (χ1) is 19.1. The van der Waals surface area contributed by atoms with Crippen LogP contribution in [-0.2, 0) is 27.4 Å². The molecule has 41 heavy (non-hydrogen) atoms. The van der Waals surface area contributed by atoms with E-state index in [0.717, 1.165) is 12.1 Å². The zero-order chi connectivity index (χ0) is 29.7. The van der Waals surface area contributed by atoms with E-state index in [0.29, 0.717) is 16.7 Å². The number of aromatic amines is 1. The standard InChI is InChI=1S/C26H24ClF3N4O5S2/c1-14-2-8-18(12-19(14)27)40(36,37)33-22(25-31-20-9-7-17(26(28,29)30)11-21(20)32-25)10-15-3-5-16(6-4-15)23-13-24(35)34-41(23,38)39/h2-9,11-12,22-23,33,38-39H,10,13H2,1H3,(H,31,32)(H,34,35)/t22-,23?/m0/s1. The first kappa shape index (κ1) is 29.4. The highest BCUT2D eigenvalue weighted by atomic mass is 35.5. The molecule has 1 unspecified atom stereocenters. The van der Waals surface area contributed by atoms with E-state index in [1.54, 1.807) is 37.3 Å². The van der Waals surface area contributed by atoms with Gasteiger partial charge < -0.3 is 4.98 Å². The molecule has 0 radical (unpaired) electrons. The normalized spacial score (nSPS) is 18.8. The number of hydrogen-bond acceptors (Lipinski definition) is 6. The molecule has 1 amide bonds. The predicted molar refractivity (Wildman–Crippen MR) is 149 cm³/mol. The van der Waals surface area contributed by atoms with Gasteiger partial charge in [0.1, 0.15) is 11.1 Å². The van der Waals surface area contributed by atoms with Crippen LogP contribution in [0.15, 0.2) is 65.6 Å². The number of rotatable bonds is 7. The first-order valence-corrected chi connectivity index (χ1v) is 15.6. The van der Waals surface area contributed by atoms with Crippen LogP contribution in [0.25, 0.3) is 11.0 Å². The van der Waals surface area contributed by atoms with Crippen LogP contribution >= 0.6 is 22.4 Å². The van der Waals surface area contributed by atoms with Crippen LogP contribution in [-0.4, -0.2) is 33.4 Å². The summed E-state index contributed by atoms with van der Waals surface area (Å²) in [7, 11) is -7.52. The molecule has 0 saturated carbocycles. The largest absolute Gasteiger partial charge is 0.416 e. The van der Waals surface area contributed by atoms with Crippen molar-refractivity contribution in [3.8, 4) is 0 Å². The monoisotopic (exact) mass is 628 g/mol. The maximum Gasteiger partial charge on any atom is 0.416 e. The molecule has 5 rings (SSSR count). The Bertz CT molecular complexity index is 1740. The Balaban J connectivity index is 1.49. The topological polar surface area (TPSA) is 144 Å². The average Bonchev–Trinajstić information content (AvgIpc) is 3.43. The number of carbonyl (C=O) groups excluding carboxylic acids is 1. The van der Waals surface area contributed by atoms with Gasteiger partial charge in [0.2, 0.25) is 15.9 Å². The number of sulfonamides is 1. The Morgan fingerprint density at radius 2 is 1.83 bits per heavy atom. The summed E-state index contributed by atoms with van der Waals surface area (Å²) in [6.07, 6.45) is -4.64. The van der Waals surface area contributed by atoms with Gasteiger partial charge in [-0.1, -0.05) is 41.9 Å². The minimum atomic E-state index is -4.57. The fourth-order valence-electron chi connectivity index (χ4n) is 4.54. The molecule has 9 nitrogen and oxygen atoms in total. The fourth-order valence-corrected chi connectivity index (χ4v) is 7.49. The molecule has 0 aliphatic carbocycles. The molecule has 5 N–H and O–H groups in total. The van der Waals surface area contributed by atoms with Gasteiger partial charge in [-0.25, -0.2) is 18.1 Å². The number of nitrogens with one attached hydrogen (secondary N) is 3. The smallest absolute Gasteiger partial charge is 0.341 e. The van der Waals surface area contributed by atoms with Crippen LogP contribution in [0.1, 0.15) is 45.8 Å². The zero-order valence-corrected chi connectivity index (χ0v) is 23.6. The number of carbonyl (C=O) groups is 1. The lowest BCUT2D eigenvalue weighted by molar-refractivity contribution is -0.137. The van der Waals surface area contributed by atoms with E-state index in [4.69, 9.17) is 11.6 Å². The van der Waals surface area contributed by atoms with E-state index in [-0.39, 0.29) is 39.6 Å². The Hall–Kier alpha value is -3.14. The van der Waals surface area contributed by atoms with Crippen molar-refractivity contribution in [2.45, 2.75) is 42.1 Å². The van der Waals surface area contributed by atoms with E-state index in [2.05, 4.69) is 19.4 Å². The highest BCUT2D eigenvalue weighted by Crippen LogP contribution is 2.56. The molecular formula is C26H24ClF3N4O5S2. The van der Waals surface area contributed by atoms with Crippen LogP contribution < -0.4 is 9.44 Å². The Morgan fingerprint density at radius 1 is 1.12 bits per heavy atom. The number of hydrogen-bond donors (Lipinski definition) is 5.